The normalized spacial score (nSPS) is 17.2. The standard InChI is InChI=1S/C25H27N3O3S/c1-17-14-18-4-2-3-5-21(18)28(17)16-22-20(8-12-31-22)25(30)26-10-6-24(29)27-11-7-23-19(15-27)9-13-32-23/h2-5,8-9,12-13,17H,6-7,10-11,14-16H2,1H3,(H,26,30). The number of hydrogen-bond donors (Lipinski definition) is 1. The fraction of sp³-hybridized carbons (Fsp3) is 0.360. The summed E-state index contributed by atoms with van der Waals surface area (Å²) >= 11 is 1.76. The van der Waals surface area contributed by atoms with E-state index in [0.717, 1.165) is 19.4 Å². The van der Waals surface area contributed by atoms with Crippen molar-refractivity contribution in [1.82, 2.24) is 10.2 Å². The minimum atomic E-state index is -0.194. The predicted octanol–water partition coefficient (Wildman–Crippen LogP) is 4.00. The number of para-hydroxylation sites is 1. The highest BCUT2D eigenvalue weighted by Crippen LogP contribution is 2.33. The summed E-state index contributed by atoms with van der Waals surface area (Å²) in [6, 6.07) is 12.5. The van der Waals surface area contributed by atoms with Gasteiger partial charge < -0.3 is 19.5 Å². The molecule has 2 aliphatic rings. The molecule has 1 N–H and O–H groups in total. The molecule has 32 heavy (non-hydrogen) atoms. The van der Waals surface area contributed by atoms with Crippen LogP contribution in [0, 0.1) is 0 Å². The van der Waals surface area contributed by atoms with E-state index in [-0.39, 0.29) is 11.8 Å². The van der Waals surface area contributed by atoms with Gasteiger partial charge in [0.15, 0.2) is 0 Å². The molecule has 6 nitrogen and oxygen atoms in total. The first kappa shape index (κ1) is 20.8. The molecule has 2 aliphatic heterocycles. The Balaban J connectivity index is 1.16. The Labute approximate surface area is 191 Å². The first-order valence-corrected chi connectivity index (χ1v) is 12.0. The molecule has 2 aromatic heterocycles. The number of benzene rings is 1. The van der Waals surface area contributed by atoms with Gasteiger partial charge in [-0.1, -0.05) is 18.2 Å². The Kier molecular flexibility index (Phi) is 5.74. The molecule has 0 saturated carbocycles. The lowest BCUT2D eigenvalue weighted by Gasteiger charge is -2.27. The molecule has 0 saturated heterocycles. The van der Waals surface area contributed by atoms with Crippen molar-refractivity contribution in [2.75, 3.05) is 18.0 Å². The summed E-state index contributed by atoms with van der Waals surface area (Å²) in [5.74, 6) is 0.538. The third-order valence-corrected chi connectivity index (χ3v) is 7.46. The monoisotopic (exact) mass is 449 g/mol. The van der Waals surface area contributed by atoms with Crippen LogP contribution in [0.2, 0.25) is 0 Å². The van der Waals surface area contributed by atoms with E-state index in [2.05, 4.69) is 46.8 Å². The third kappa shape index (κ3) is 4.05. The number of carbonyl (C=O) groups excluding carboxylic acids is 2. The Morgan fingerprint density at radius 1 is 1.19 bits per heavy atom. The van der Waals surface area contributed by atoms with E-state index in [0.29, 0.717) is 43.4 Å². The van der Waals surface area contributed by atoms with Gasteiger partial charge in [0.05, 0.1) is 18.4 Å². The maximum atomic E-state index is 12.8. The van der Waals surface area contributed by atoms with Crippen LogP contribution >= 0.6 is 11.3 Å². The van der Waals surface area contributed by atoms with Crippen LogP contribution in [0.5, 0.6) is 0 Å². The summed E-state index contributed by atoms with van der Waals surface area (Å²) in [6.07, 6.45) is 3.77. The molecule has 0 radical (unpaired) electrons. The second-order valence-electron chi connectivity index (χ2n) is 8.51. The van der Waals surface area contributed by atoms with E-state index in [1.807, 2.05) is 11.0 Å². The maximum Gasteiger partial charge on any atom is 0.254 e. The number of rotatable bonds is 6. The summed E-state index contributed by atoms with van der Waals surface area (Å²) in [6.45, 7) is 4.48. The highest BCUT2D eigenvalue weighted by molar-refractivity contribution is 7.10. The van der Waals surface area contributed by atoms with Crippen LogP contribution in [-0.2, 0) is 30.7 Å². The number of fused-ring (bicyclic) bond motifs is 2. The van der Waals surface area contributed by atoms with Crippen molar-refractivity contribution in [3.05, 3.63) is 75.4 Å². The predicted molar refractivity (Wildman–Crippen MR) is 125 cm³/mol. The van der Waals surface area contributed by atoms with Gasteiger partial charge >= 0.3 is 0 Å². The smallest absolute Gasteiger partial charge is 0.254 e. The highest BCUT2D eigenvalue weighted by atomic mass is 32.1. The van der Waals surface area contributed by atoms with Crippen molar-refractivity contribution in [3.8, 4) is 0 Å². The van der Waals surface area contributed by atoms with Crippen molar-refractivity contribution in [2.45, 2.75) is 45.3 Å². The van der Waals surface area contributed by atoms with Crippen molar-refractivity contribution < 1.29 is 14.0 Å². The molecule has 1 atom stereocenters. The van der Waals surface area contributed by atoms with E-state index < -0.39 is 0 Å². The Morgan fingerprint density at radius 3 is 2.97 bits per heavy atom. The number of anilines is 1. The van der Waals surface area contributed by atoms with E-state index in [9.17, 15) is 9.59 Å². The molecule has 5 rings (SSSR count). The van der Waals surface area contributed by atoms with E-state index in [1.54, 1.807) is 23.7 Å². The van der Waals surface area contributed by atoms with Gasteiger partial charge in [-0.3, -0.25) is 9.59 Å². The summed E-state index contributed by atoms with van der Waals surface area (Å²) in [7, 11) is 0. The number of furan rings is 1. The van der Waals surface area contributed by atoms with Crippen LogP contribution in [0.25, 0.3) is 0 Å². The lowest BCUT2D eigenvalue weighted by molar-refractivity contribution is -0.131. The topological polar surface area (TPSA) is 65.8 Å². The molecular formula is C25H27N3O3S. The number of nitrogens with one attached hydrogen (secondary N) is 1. The van der Waals surface area contributed by atoms with E-state index in [4.69, 9.17) is 4.42 Å². The second-order valence-corrected chi connectivity index (χ2v) is 9.51. The lowest BCUT2D eigenvalue weighted by Crippen LogP contribution is -2.37. The summed E-state index contributed by atoms with van der Waals surface area (Å²) in [4.78, 5) is 30.9. The van der Waals surface area contributed by atoms with Crippen molar-refractivity contribution in [1.29, 1.82) is 0 Å². The maximum absolute atomic E-state index is 12.8. The molecule has 7 heteroatoms. The lowest BCUT2D eigenvalue weighted by atomic mass is 10.1. The number of carbonyl (C=O) groups is 2. The zero-order chi connectivity index (χ0) is 22.1. The molecule has 0 spiro atoms. The molecule has 166 valence electrons. The molecule has 0 aliphatic carbocycles. The molecule has 0 fully saturated rings. The van der Waals surface area contributed by atoms with E-state index >= 15 is 0 Å². The van der Waals surface area contributed by atoms with Crippen LogP contribution in [0.4, 0.5) is 5.69 Å². The van der Waals surface area contributed by atoms with Gasteiger partial charge in [0.2, 0.25) is 5.91 Å². The van der Waals surface area contributed by atoms with Gasteiger partial charge in [0.25, 0.3) is 5.91 Å². The molecule has 1 aromatic carbocycles. The molecule has 1 unspecified atom stereocenters. The zero-order valence-electron chi connectivity index (χ0n) is 18.2. The van der Waals surface area contributed by atoms with Gasteiger partial charge in [-0.15, -0.1) is 11.3 Å². The van der Waals surface area contributed by atoms with Crippen LogP contribution < -0.4 is 10.2 Å². The Morgan fingerprint density at radius 2 is 2.06 bits per heavy atom. The summed E-state index contributed by atoms with van der Waals surface area (Å²) < 4.78 is 5.68. The zero-order valence-corrected chi connectivity index (χ0v) is 19.0. The number of amides is 2. The summed E-state index contributed by atoms with van der Waals surface area (Å²) in [5.41, 5.74) is 4.31. The minimum absolute atomic E-state index is 0.0806. The van der Waals surface area contributed by atoms with Gasteiger partial charge in [-0.25, -0.2) is 0 Å². The van der Waals surface area contributed by atoms with Crippen LogP contribution in [0.3, 0.4) is 0 Å². The highest BCUT2D eigenvalue weighted by Gasteiger charge is 2.28. The van der Waals surface area contributed by atoms with Gasteiger partial charge in [-0.05, 0) is 54.5 Å². The van der Waals surface area contributed by atoms with Crippen LogP contribution in [0.1, 0.15) is 45.5 Å². The van der Waals surface area contributed by atoms with Crippen LogP contribution in [-0.4, -0.2) is 35.8 Å². The third-order valence-electron chi connectivity index (χ3n) is 6.44. The average molecular weight is 450 g/mol. The summed E-state index contributed by atoms with van der Waals surface area (Å²) in [5, 5.41) is 4.99. The number of hydrogen-bond acceptors (Lipinski definition) is 5. The molecule has 2 amide bonds. The van der Waals surface area contributed by atoms with Crippen molar-refractivity contribution in [3.63, 3.8) is 0 Å². The van der Waals surface area contributed by atoms with Gasteiger partial charge in [0.1, 0.15) is 5.76 Å². The fourth-order valence-corrected chi connectivity index (χ4v) is 5.58. The molecular weight excluding hydrogens is 422 g/mol. The van der Waals surface area contributed by atoms with E-state index in [1.165, 1.54) is 21.7 Å². The fourth-order valence-electron chi connectivity index (χ4n) is 4.69. The Bertz CT molecular complexity index is 1130. The van der Waals surface area contributed by atoms with Gasteiger partial charge in [-0.2, -0.15) is 0 Å². The largest absolute Gasteiger partial charge is 0.467 e. The quantitative estimate of drug-likeness (QED) is 0.618. The van der Waals surface area contributed by atoms with Crippen molar-refractivity contribution >= 4 is 28.8 Å². The average Bonchev–Trinajstić information content (AvgIpc) is 3.52. The number of nitrogens with zero attached hydrogens (tertiary/aromatic N) is 2. The first-order chi connectivity index (χ1) is 15.6. The van der Waals surface area contributed by atoms with Crippen LogP contribution in [0.15, 0.2) is 52.5 Å². The molecule has 0 bridgehead atoms. The Hall–Kier alpha value is -3.06. The molecule has 3 aromatic rings. The minimum Gasteiger partial charge on any atom is -0.467 e. The SMILES string of the molecule is CC1Cc2ccccc2N1Cc1occc1C(=O)NCCC(=O)N1CCc2sccc2C1. The molecule has 4 heterocycles. The van der Waals surface area contributed by atoms with Crippen molar-refractivity contribution in [2.24, 2.45) is 0 Å². The number of thiophene rings is 1. The first-order valence-electron chi connectivity index (χ1n) is 11.1. The second kappa shape index (κ2) is 8.82. The van der Waals surface area contributed by atoms with Gasteiger partial charge in [0, 0.05) is 42.7 Å².